The molecule has 0 bridgehead atoms. The van der Waals surface area contributed by atoms with Crippen LogP contribution >= 0.6 is 11.6 Å². The number of nitrogens with zero attached hydrogens (tertiary/aromatic N) is 2. The van der Waals surface area contributed by atoms with Crippen molar-refractivity contribution in [3.63, 3.8) is 0 Å². The molecule has 0 radical (unpaired) electrons. The topological polar surface area (TPSA) is 130 Å². The Labute approximate surface area is 172 Å². The van der Waals surface area contributed by atoms with Crippen molar-refractivity contribution in [2.45, 2.75) is 18.7 Å². The highest BCUT2D eigenvalue weighted by Crippen LogP contribution is 2.29. The van der Waals surface area contributed by atoms with E-state index in [2.05, 4.69) is 5.32 Å². The number of amides is 1. The van der Waals surface area contributed by atoms with Crippen molar-refractivity contribution in [3.05, 3.63) is 45.7 Å². The summed E-state index contributed by atoms with van der Waals surface area (Å²) < 4.78 is 35.9. The highest BCUT2D eigenvalue weighted by atomic mass is 35.5. The van der Waals surface area contributed by atoms with Crippen molar-refractivity contribution in [3.8, 4) is 6.07 Å². The van der Waals surface area contributed by atoms with Crippen LogP contribution in [-0.2, 0) is 14.8 Å². The predicted molar refractivity (Wildman–Crippen MR) is 104 cm³/mol. The lowest BCUT2D eigenvalue weighted by Crippen LogP contribution is -2.23. The monoisotopic (exact) mass is 439 g/mol. The minimum atomic E-state index is -3.89. The summed E-state index contributed by atoms with van der Waals surface area (Å²) >= 11 is 5.98. The Morgan fingerprint density at radius 3 is 2.55 bits per heavy atom. The number of nitriles is 1. The van der Waals surface area contributed by atoms with Crippen LogP contribution in [-0.4, -0.2) is 45.3 Å². The number of hydrogen-bond donors (Lipinski definition) is 1. The highest BCUT2D eigenvalue weighted by Gasteiger charge is 2.27. The highest BCUT2D eigenvalue weighted by molar-refractivity contribution is 7.89. The molecular formula is C18H18ClN3O6S. The number of furan rings is 1. The lowest BCUT2D eigenvalue weighted by atomic mass is 10.1. The van der Waals surface area contributed by atoms with Gasteiger partial charge in [-0.05, 0) is 32.0 Å². The number of benzene rings is 1. The maximum atomic E-state index is 12.6. The lowest BCUT2D eigenvalue weighted by Gasteiger charge is -2.13. The van der Waals surface area contributed by atoms with Gasteiger partial charge in [0.25, 0.3) is 5.91 Å². The number of nitrogens with one attached hydrogen (secondary N) is 1. The number of rotatable bonds is 6. The molecule has 1 amide bonds. The number of ether oxygens (including phenoxy) is 1. The summed E-state index contributed by atoms with van der Waals surface area (Å²) in [5.74, 6) is -1.65. The van der Waals surface area contributed by atoms with Crippen molar-refractivity contribution >= 4 is 39.4 Å². The molecule has 0 atom stereocenters. The van der Waals surface area contributed by atoms with E-state index >= 15 is 0 Å². The zero-order valence-corrected chi connectivity index (χ0v) is 17.6. The van der Waals surface area contributed by atoms with E-state index in [-0.39, 0.29) is 44.9 Å². The Kier molecular flexibility index (Phi) is 6.69. The summed E-state index contributed by atoms with van der Waals surface area (Å²) in [6.45, 7) is 3.17. The van der Waals surface area contributed by atoms with Gasteiger partial charge in [0.15, 0.2) is 0 Å². The Morgan fingerprint density at radius 1 is 1.34 bits per heavy atom. The van der Waals surface area contributed by atoms with Crippen LogP contribution in [0.2, 0.25) is 5.02 Å². The van der Waals surface area contributed by atoms with E-state index in [0.29, 0.717) is 0 Å². The zero-order valence-electron chi connectivity index (χ0n) is 16.1. The van der Waals surface area contributed by atoms with E-state index in [0.717, 1.165) is 10.4 Å². The summed E-state index contributed by atoms with van der Waals surface area (Å²) in [5.41, 5.74) is -0.313. The summed E-state index contributed by atoms with van der Waals surface area (Å²) in [7, 11) is -1.22. The molecule has 0 aliphatic rings. The fourth-order valence-electron chi connectivity index (χ4n) is 2.40. The third kappa shape index (κ3) is 4.42. The van der Waals surface area contributed by atoms with Crippen molar-refractivity contribution < 1.29 is 27.2 Å². The Balaban J connectivity index is 2.43. The number of aryl methyl sites for hydroxylation is 1. The fourth-order valence-corrected chi connectivity index (χ4v) is 3.80. The second-order valence-electron chi connectivity index (χ2n) is 5.96. The number of esters is 1. The third-order valence-corrected chi connectivity index (χ3v) is 6.15. The van der Waals surface area contributed by atoms with Crippen LogP contribution in [0.15, 0.2) is 27.5 Å². The van der Waals surface area contributed by atoms with Gasteiger partial charge in [-0.3, -0.25) is 10.1 Å². The van der Waals surface area contributed by atoms with Crippen LogP contribution in [0, 0.1) is 18.3 Å². The van der Waals surface area contributed by atoms with Gasteiger partial charge in [-0.25, -0.2) is 17.5 Å². The minimum Gasteiger partial charge on any atom is -0.462 e. The van der Waals surface area contributed by atoms with E-state index in [9.17, 15) is 23.3 Å². The normalized spacial score (nSPS) is 11.2. The number of sulfonamides is 1. The minimum absolute atomic E-state index is 0.0366. The largest absolute Gasteiger partial charge is 0.462 e. The molecule has 0 saturated carbocycles. The number of carbonyl (C=O) groups excluding carboxylic acids is 2. The molecule has 0 aliphatic carbocycles. The van der Waals surface area contributed by atoms with Crippen LogP contribution in [0.5, 0.6) is 0 Å². The summed E-state index contributed by atoms with van der Waals surface area (Å²) in [6.07, 6.45) is 0. The third-order valence-electron chi connectivity index (χ3n) is 3.85. The van der Waals surface area contributed by atoms with Crippen molar-refractivity contribution in [2.24, 2.45) is 0 Å². The van der Waals surface area contributed by atoms with E-state index in [1.54, 1.807) is 6.92 Å². The molecule has 0 unspecified atom stereocenters. The molecule has 0 saturated heterocycles. The molecule has 2 aromatic rings. The van der Waals surface area contributed by atoms with Gasteiger partial charge in [0.05, 0.1) is 11.6 Å². The first kappa shape index (κ1) is 22.4. The quantitative estimate of drug-likeness (QED) is 0.684. The average molecular weight is 440 g/mol. The van der Waals surface area contributed by atoms with Gasteiger partial charge in [-0.2, -0.15) is 5.26 Å². The molecule has 1 heterocycles. The maximum absolute atomic E-state index is 12.6. The van der Waals surface area contributed by atoms with Gasteiger partial charge in [0.2, 0.25) is 15.9 Å². The summed E-state index contributed by atoms with van der Waals surface area (Å²) in [4.78, 5) is 24.4. The number of hydrogen-bond acceptors (Lipinski definition) is 7. The van der Waals surface area contributed by atoms with Crippen LogP contribution in [0.25, 0.3) is 0 Å². The van der Waals surface area contributed by atoms with E-state index < -0.39 is 21.9 Å². The molecule has 0 fully saturated rings. The number of halogens is 1. The SMILES string of the molecule is CCOC(=O)c1c(C)oc(NC(=O)c2ccc(Cl)c(S(=O)(=O)N(C)C)c2)c1C#N. The van der Waals surface area contributed by atoms with Crippen molar-refractivity contribution in [1.29, 1.82) is 5.26 Å². The number of anilines is 1. The van der Waals surface area contributed by atoms with E-state index in [1.807, 2.05) is 6.07 Å². The average Bonchev–Trinajstić information content (AvgIpc) is 2.96. The summed E-state index contributed by atoms with van der Waals surface area (Å²) in [6, 6.07) is 5.51. The second-order valence-corrected chi connectivity index (χ2v) is 8.48. The molecule has 1 aromatic heterocycles. The van der Waals surface area contributed by atoms with Crippen LogP contribution in [0.3, 0.4) is 0 Å². The standard InChI is InChI=1S/C18H18ClN3O6S/c1-5-27-18(24)15-10(2)28-17(12(15)9-20)21-16(23)11-6-7-13(19)14(8-11)29(25,26)22(3)4/h6-8H,5H2,1-4H3,(H,21,23). The van der Waals surface area contributed by atoms with Gasteiger partial charge in [0, 0.05) is 19.7 Å². The Bertz CT molecular complexity index is 1120. The first-order valence-electron chi connectivity index (χ1n) is 8.28. The molecule has 9 nitrogen and oxygen atoms in total. The molecule has 154 valence electrons. The van der Waals surface area contributed by atoms with Crippen molar-refractivity contribution in [2.75, 3.05) is 26.0 Å². The van der Waals surface area contributed by atoms with Gasteiger partial charge in [-0.15, -0.1) is 0 Å². The Morgan fingerprint density at radius 2 is 2.00 bits per heavy atom. The first-order chi connectivity index (χ1) is 13.5. The first-order valence-corrected chi connectivity index (χ1v) is 10.1. The molecule has 0 aliphatic heterocycles. The second kappa shape index (κ2) is 8.65. The van der Waals surface area contributed by atoms with Gasteiger partial charge in [0.1, 0.15) is 27.9 Å². The van der Waals surface area contributed by atoms with Gasteiger partial charge < -0.3 is 9.15 Å². The van der Waals surface area contributed by atoms with Crippen LogP contribution in [0.1, 0.15) is 39.0 Å². The molecule has 0 spiro atoms. The van der Waals surface area contributed by atoms with Crippen LogP contribution in [0.4, 0.5) is 5.88 Å². The van der Waals surface area contributed by atoms with Crippen LogP contribution < -0.4 is 5.32 Å². The van der Waals surface area contributed by atoms with Gasteiger partial charge >= 0.3 is 5.97 Å². The van der Waals surface area contributed by atoms with E-state index in [1.165, 1.54) is 33.2 Å². The predicted octanol–water partition coefficient (Wildman–Crippen LogP) is 2.79. The number of carbonyl (C=O) groups is 2. The summed E-state index contributed by atoms with van der Waals surface area (Å²) in [5, 5.41) is 11.7. The van der Waals surface area contributed by atoms with Crippen molar-refractivity contribution in [1.82, 2.24) is 4.31 Å². The molecule has 1 N–H and O–H groups in total. The smallest absolute Gasteiger partial charge is 0.343 e. The molecule has 1 aromatic carbocycles. The van der Waals surface area contributed by atoms with Gasteiger partial charge in [-0.1, -0.05) is 11.6 Å². The maximum Gasteiger partial charge on any atom is 0.343 e. The zero-order chi connectivity index (χ0) is 21.9. The lowest BCUT2D eigenvalue weighted by molar-refractivity contribution is 0.0524. The van der Waals surface area contributed by atoms with E-state index in [4.69, 9.17) is 20.8 Å². The fraction of sp³-hybridized carbons (Fsp3) is 0.278. The molecule has 2 rings (SSSR count). The molecule has 11 heteroatoms. The molecule has 29 heavy (non-hydrogen) atoms. The Hall–Kier alpha value is -2.87. The molecular weight excluding hydrogens is 422 g/mol.